The first-order valence-electron chi connectivity index (χ1n) is 8.54. The first-order chi connectivity index (χ1) is 10.7. The molecule has 0 fully saturated rings. The van der Waals surface area contributed by atoms with Crippen LogP contribution in [0.5, 0.6) is 5.75 Å². The molecule has 0 spiro atoms. The lowest BCUT2D eigenvalue weighted by Crippen LogP contribution is -2.29. The Balaban J connectivity index is 1.96. The number of likely N-dealkylation sites (N-methyl/N-ethyl adjacent to an activating group) is 1. The molecule has 1 atom stereocenters. The number of hydrogen-bond acceptors (Lipinski definition) is 4. The minimum Gasteiger partial charge on any atom is -0.490 e. The summed E-state index contributed by atoms with van der Waals surface area (Å²) >= 11 is 0. The normalized spacial score (nSPS) is 15.6. The van der Waals surface area contributed by atoms with Crippen molar-refractivity contribution in [3.63, 3.8) is 0 Å². The summed E-state index contributed by atoms with van der Waals surface area (Å²) in [6, 6.07) is 6.08. The van der Waals surface area contributed by atoms with Gasteiger partial charge in [-0.3, -0.25) is 0 Å². The van der Waals surface area contributed by atoms with Crippen molar-refractivity contribution in [3.8, 4) is 5.75 Å². The van der Waals surface area contributed by atoms with Crippen molar-refractivity contribution in [2.45, 2.75) is 39.2 Å². The Morgan fingerprint density at radius 3 is 2.64 bits per heavy atom. The van der Waals surface area contributed by atoms with Gasteiger partial charge in [0, 0.05) is 13.6 Å². The van der Waals surface area contributed by atoms with Crippen LogP contribution in [0.1, 0.15) is 44.8 Å². The molecule has 1 unspecified atom stereocenters. The summed E-state index contributed by atoms with van der Waals surface area (Å²) < 4.78 is 5.72. The van der Waals surface area contributed by atoms with Gasteiger partial charge in [0.1, 0.15) is 12.4 Å². The Hall–Kier alpha value is -1.26. The summed E-state index contributed by atoms with van der Waals surface area (Å²) in [4.78, 5) is 4.63. The summed E-state index contributed by atoms with van der Waals surface area (Å²) in [6.07, 6.45) is 2.68. The molecule has 0 radical (unpaired) electrons. The summed E-state index contributed by atoms with van der Waals surface area (Å²) in [5.41, 5.74) is 2.07. The molecule has 2 rings (SSSR count). The van der Waals surface area contributed by atoms with E-state index in [0.717, 1.165) is 62.4 Å². The second-order valence-electron chi connectivity index (χ2n) is 6.14. The van der Waals surface area contributed by atoms with E-state index in [1.165, 1.54) is 0 Å². The fourth-order valence-corrected chi connectivity index (χ4v) is 3.02. The van der Waals surface area contributed by atoms with Crippen molar-refractivity contribution >= 4 is 5.69 Å². The summed E-state index contributed by atoms with van der Waals surface area (Å²) in [7, 11) is 2.07. The second kappa shape index (κ2) is 8.39. The molecule has 0 aliphatic carbocycles. The number of anilines is 1. The molecule has 1 aliphatic heterocycles. The number of fused-ring (bicyclic) bond motifs is 1. The Morgan fingerprint density at radius 1 is 1.23 bits per heavy atom. The van der Waals surface area contributed by atoms with Crippen LogP contribution in [0, 0.1) is 0 Å². The van der Waals surface area contributed by atoms with Gasteiger partial charge in [0.05, 0.1) is 18.3 Å². The quantitative estimate of drug-likeness (QED) is 0.801. The third kappa shape index (κ3) is 4.37. The summed E-state index contributed by atoms with van der Waals surface area (Å²) in [6.45, 7) is 9.20. The third-order valence-electron chi connectivity index (χ3n) is 4.26. The highest BCUT2D eigenvalue weighted by atomic mass is 16.5. The molecular weight excluding hydrogens is 276 g/mol. The first kappa shape index (κ1) is 17.1. The minimum absolute atomic E-state index is 0.419. The van der Waals surface area contributed by atoms with Crippen molar-refractivity contribution in [1.82, 2.24) is 4.90 Å². The predicted octanol–water partition coefficient (Wildman–Crippen LogP) is 3.06. The van der Waals surface area contributed by atoms with Crippen molar-refractivity contribution in [1.29, 1.82) is 0 Å². The largest absolute Gasteiger partial charge is 0.490 e. The van der Waals surface area contributed by atoms with Crippen molar-refractivity contribution in [2.24, 2.45) is 0 Å². The number of ether oxygens (including phenoxy) is 1. The molecule has 0 aromatic heterocycles. The van der Waals surface area contributed by atoms with Crippen LogP contribution in [-0.2, 0) is 0 Å². The Morgan fingerprint density at radius 2 is 1.95 bits per heavy atom. The summed E-state index contributed by atoms with van der Waals surface area (Å²) in [5, 5.41) is 10.5. The van der Waals surface area contributed by atoms with Crippen molar-refractivity contribution < 1.29 is 9.84 Å². The number of hydrogen-bond donors (Lipinski definition) is 1. The van der Waals surface area contributed by atoms with E-state index < -0.39 is 6.10 Å². The van der Waals surface area contributed by atoms with Crippen LogP contribution in [0.25, 0.3) is 0 Å². The molecule has 1 heterocycles. The van der Waals surface area contributed by atoms with E-state index in [4.69, 9.17) is 4.74 Å². The lowest BCUT2D eigenvalue weighted by molar-refractivity contribution is 0.141. The zero-order chi connectivity index (χ0) is 15.9. The van der Waals surface area contributed by atoms with Crippen LogP contribution >= 0.6 is 0 Å². The van der Waals surface area contributed by atoms with Gasteiger partial charge < -0.3 is 19.6 Å². The molecule has 4 nitrogen and oxygen atoms in total. The lowest BCUT2D eigenvalue weighted by atomic mass is 10.0. The van der Waals surface area contributed by atoms with Gasteiger partial charge in [-0.1, -0.05) is 19.9 Å². The molecule has 1 N–H and O–H groups in total. The molecule has 1 aromatic rings. The smallest absolute Gasteiger partial charge is 0.143 e. The van der Waals surface area contributed by atoms with Gasteiger partial charge in [0.15, 0.2) is 0 Å². The van der Waals surface area contributed by atoms with E-state index in [9.17, 15) is 5.11 Å². The van der Waals surface area contributed by atoms with Gasteiger partial charge in [-0.15, -0.1) is 0 Å². The lowest BCUT2D eigenvalue weighted by Gasteiger charge is -2.28. The van der Waals surface area contributed by atoms with Gasteiger partial charge in [-0.2, -0.15) is 0 Å². The first-order valence-corrected chi connectivity index (χ1v) is 8.54. The zero-order valence-corrected chi connectivity index (χ0v) is 14.2. The monoisotopic (exact) mass is 306 g/mol. The Kier molecular flexibility index (Phi) is 6.52. The molecule has 124 valence electrons. The fraction of sp³-hybridized carbons (Fsp3) is 0.667. The highest BCUT2D eigenvalue weighted by Crippen LogP contribution is 2.33. The summed E-state index contributed by atoms with van der Waals surface area (Å²) in [5.74, 6) is 0.893. The topological polar surface area (TPSA) is 35.9 Å². The number of benzene rings is 1. The van der Waals surface area contributed by atoms with Crippen LogP contribution in [0.3, 0.4) is 0 Å². The number of rotatable bonds is 8. The Labute approximate surface area is 134 Å². The Bertz CT molecular complexity index is 458. The molecule has 0 amide bonds. The van der Waals surface area contributed by atoms with Crippen LogP contribution in [0.2, 0.25) is 0 Å². The third-order valence-corrected chi connectivity index (χ3v) is 4.26. The highest BCUT2D eigenvalue weighted by molar-refractivity contribution is 5.60. The maximum Gasteiger partial charge on any atom is 0.143 e. The molecule has 0 bridgehead atoms. The van der Waals surface area contributed by atoms with E-state index in [0.29, 0.717) is 6.61 Å². The van der Waals surface area contributed by atoms with E-state index in [2.05, 4.69) is 36.8 Å². The van der Waals surface area contributed by atoms with Gasteiger partial charge >= 0.3 is 0 Å². The number of aliphatic hydroxyl groups excluding tert-OH is 1. The second-order valence-corrected chi connectivity index (χ2v) is 6.14. The average molecular weight is 306 g/mol. The zero-order valence-electron chi connectivity index (χ0n) is 14.2. The molecule has 1 aromatic carbocycles. The SMILES string of the molecule is CCCN(CCC)CCC(O)c1ccc2c(c1)OCCN2C. The molecule has 22 heavy (non-hydrogen) atoms. The van der Waals surface area contributed by atoms with Gasteiger partial charge in [-0.05, 0) is 50.0 Å². The van der Waals surface area contributed by atoms with Gasteiger partial charge in [-0.25, -0.2) is 0 Å². The number of nitrogens with zero attached hydrogens (tertiary/aromatic N) is 2. The van der Waals surface area contributed by atoms with E-state index in [1.807, 2.05) is 12.1 Å². The molecule has 0 saturated heterocycles. The van der Waals surface area contributed by atoms with Gasteiger partial charge in [0.2, 0.25) is 0 Å². The van der Waals surface area contributed by atoms with Crippen molar-refractivity contribution in [3.05, 3.63) is 23.8 Å². The van der Waals surface area contributed by atoms with Gasteiger partial charge in [0.25, 0.3) is 0 Å². The highest BCUT2D eigenvalue weighted by Gasteiger charge is 2.18. The van der Waals surface area contributed by atoms with E-state index in [1.54, 1.807) is 0 Å². The minimum atomic E-state index is -0.419. The molecular formula is C18H30N2O2. The van der Waals surface area contributed by atoms with Crippen LogP contribution in [0.4, 0.5) is 5.69 Å². The predicted molar refractivity (Wildman–Crippen MR) is 91.8 cm³/mol. The molecule has 1 aliphatic rings. The maximum atomic E-state index is 10.5. The van der Waals surface area contributed by atoms with Crippen LogP contribution in [-0.4, -0.2) is 49.8 Å². The van der Waals surface area contributed by atoms with E-state index in [-0.39, 0.29) is 0 Å². The standard InChI is InChI=1S/C18H30N2O2/c1-4-9-20(10-5-2)11-8-17(21)15-6-7-16-18(14-15)22-13-12-19(16)3/h6-7,14,17,21H,4-5,8-13H2,1-3H3. The molecule has 0 saturated carbocycles. The fourth-order valence-electron chi connectivity index (χ4n) is 3.02. The van der Waals surface area contributed by atoms with Crippen LogP contribution < -0.4 is 9.64 Å². The number of aliphatic hydroxyl groups is 1. The molecule has 4 heteroatoms. The van der Waals surface area contributed by atoms with Crippen molar-refractivity contribution in [2.75, 3.05) is 44.7 Å². The van der Waals surface area contributed by atoms with Crippen LogP contribution in [0.15, 0.2) is 18.2 Å². The average Bonchev–Trinajstić information content (AvgIpc) is 2.52. The maximum absolute atomic E-state index is 10.5. The van der Waals surface area contributed by atoms with E-state index >= 15 is 0 Å².